The topological polar surface area (TPSA) is 66.9 Å². The summed E-state index contributed by atoms with van der Waals surface area (Å²) < 4.78 is 6.13. The molecule has 0 N–H and O–H groups in total. The zero-order chi connectivity index (χ0) is 19.1. The van der Waals surface area contributed by atoms with Crippen LogP contribution >= 0.6 is 0 Å². The first kappa shape index (κ1) is 17.3. The van der Waals surface area contributed by atoms with Gasteiger partial charge in [0.15, 0.2) is 0 Å². The van der Waals surface area contributed by atoms with Crippen LogP contribution in [-0.2, 0) is 14.3 Å². The number of benzene rings is 1. The van der Waals surface area contributed by atoms with E-state index in [1.54, 1.807) is 6.08 Å². The Kier molecular flexibility index (Phi) is 4.18. The van der Waals surface area contributed by atoms with Gasteiger partial charge in [-0.1, -0.05) is 30.3 Å². The Morgan fingerprint density at radius 3 is 2.19 bits per heavy atom. The summed E-state index contributed by atoms with van der Waals surface area (Å²) in [5.41, 5.74) is 2.39. The molecule has 4 amide bonds. The molecule has 0 aromatic heterocycles. The average molecular weight is 364 g/mol. The van der Waals surface area contributed by atoms with Crippen LogP contribution in [-0.4, -0.2) is 41.7 Å². The van der Waals surface area contributed by atoms with E-state index in [2.05, 4.69) is 0 Å². The van der Waals surface area contributed by atoms with Crippen molar-refractivity contribution in [1.29, 1.82) is 0 Å². The first-order valence-corrected chi connectivity index (χ1v) is 9.00. The standard InChI is InChI=1S/C21H20N2O4/c1-22-19(24)18(20(25)23(2)21(22)26)15-12-17(13-8-4-3-5-9-13)27-16-11-7-6-10-14(15)16/h3-5,8-9,12H,6-7,10-11H2,1-2H3. The highest BCUT2D eigenvalue weighted by atomic mass is 16.5. The Morgan fingerprint density at radius 1 is 0.889 bits per heavy atom. The summed E-state index contributed by atoms with van der Waals surface area (Å²) in [5, 5.41) is 0. The molecule has 3 aliphatic rings. The molecule has 0 bridgehead atoms. The van der Waals surface area contributed by atoms with Crippen molar-refractivity contribution in [2.24, 2.45) is 0 Å². The van der Waals surface area contributed by atoms with E-state index in [1.807, 2.05) is 30.3 Å². The predicted octanol–water partition coefficient (Wildman–Crippen LogP) is 3.23. The summed E-state index contributed by atoms with van der Waals surface area (Å²) in [6.45, 7) is 0. The van der Waals surface area contributed by atoms with Crippen molar-refractivity contribution in [3.63, 3.8) is 0 Å². The van der Waals surface area contributed by atoms with Crippen molar-refractivity contribution in [3.8, 4) is 0 Å². The maximum absolute atomic E-state index is 12.8. The number of likely N-dealkylation sites (N-methyl/N-ethyl adjacent to an activating group) is 2. The van der Waals surface area contributed by atoms with Gasteiger partial charge in [-0.15, -0.1) is 0 Å². The summed E-state index contributed by atoms with van der Waals surface area (Å²) in [5.74, 6) is 0.289. The molecule has 6 nitrogen and oxygen atoms in total. The second-order valence-corrected chi connectivity index (χ2v) is 6.89. The van der Waals surface area contributed by atoms with Crippen molar-refractivity contribution in [3.05, 3.63) is 64.4 Å². The Bertz CT molecular complexity index is 914. The van der Waals surface area contributed by atoms with Crippen LogP contribution in [0.15, 0.2) is 58.9 Å². The summed E-state index contributed by atoms with van der Waals surface area (Å²) in [7, 11) is 2.79. The number of barbiturate groups is 1. The molecule has 0 atom stereocenters. The molecule has 1 aromatic rings. The molecule has 6 heteroatoms. The van der Waals surface area contributed by atoms with Gasteiger partial charge in [-0.3, -0.25) is 19.4 Å². The van der Waals surface area contributed by atoms with Crippen LogP contribution in [0.1, 0.15) is 31.2 Å². The third-order valence-electron chi connectivity index (χ3n) is 5.19. The van der Waals surface area contributed by atoms with Gasteiger partial charge in [0, 0.05) is 31.7 Å². The lowest BCUT2D eigenvalue weighted by molar-refractivity contribution is -0.134. The van der Waals surface area contributed by atoms with Crippen LogP contribution in [0.5, 0.6) is 0 Å². The number of hydrogen-bond acceptors (Lipinski definition) is 4. The lowest BCUT2D eigenvalue weighted by atomic mass is 9.85. The fourth-order valence-corrected chi connectivity index (χ4v) is 3.68. The lowest BCUT2D eigenvalue weighted by Crippen LogP contribution is -2.53. The molecule has 1 saturated heterocycles. The maximum Gasteiger partial charge on any atom is 0.333 e. The quantitative estimate of drug-likeness (QED) is 0.567. The minimum absolute atomic E-state index is 0.0331. The smallest absolute Gasteiger partial charge is 0.333 e. The van der Waals surface area contributed by atoms with Gasteiger partial charge in [-0.25, -0.2) is 4.79 Å². The number of carbonyl (C=O) groups excluding carboxylic acids is 3. The second kappa shape index (κ2) is 6.54. The van der Waals surface area contributed by atoms with Gasteiger partial charge in [0.2, 0.25) is 0 Å². The van der Waals surface area contributed by atoms with Crippen LogP contribution in [0, 0.1) is 0 Å². The van der Waals surface area contributed by atoms with Crippen molar-refractivity contribution >= 4 is 23.6 Å². The van der Waals surface area contributed by atoms with Crippen molar-refractivity contribution < 1.29 is 19.1 Å². The first-order chi connectivity index (χ1) is 13.0. The molecule has 2 aliphatic heterocycles. The van der Waals surface area contributed by atoms with Crippen molar-refractivity contribution in [1.82, 2.24) is 9.80 Å². The summed E-state index contributed by atoms with van der Waals surface area (Å²) in [6.07, 6.45) is 5.25. The fourth-order valence-electron chi connectivity index (χ4n) is 3.68. The van der Waals surface area contributed by atoms with Crippen LogP contribution in [0.2, 0.25) is 0 Å². The van der Waals surface area contributed by atoms with E-state index in [4.69, 9.17) is 4.74 Å². The number of carbonyl (C=O) groups is 3. The van der Waals surface area contributed by atoms with Gasteiger partial charge >= 0.3 is 6.03 Å². The Labute approximate surface area is 157 Å². The number of urea groups is 1. The predicted molar refractivity (Wildman–Crippen MR) is 99.0 cm³/mol. The largest absolute Gasteiger partial charge is 0.461 e. The van der Waals surface area contributed by atoms with Gasteiger partial charge in [-0.05, 0) is 30.9 Å². The molecule has 138 valence electrons. The number of imide groups is 2. The second-order valence-electron chi connectivity index (χ2n) is 6.89. The lowest BCUT2D eigenvalue weighted by Gasteiger charge is -2.33. The molecule has 0 unspecified atom stereocenters. The molecule has 1 fully saturated rings. The fraction of sp³-hybridized carbons (Fsp3) is 0.286. The van der Waals surface area contributed by atoms with E-state index >= 15 is 0 Å². The van der Waals surface area contributed by atoms with Crippen molar-refractivity contribution in [2.75, 3.05) is 14.1 Å². The van der Waals surface area contributed by atoms with Gasteiger partial charge < -0.3 is 4.74 Å². The number of rotatable bonds is 1. The number of hydrogen-bond donors (Lipinski definition) is 0. The Balaban J connectivity index is 1.92. The maximum atomic E-state index is 12.8. The molecule has 27 heavy (non-hydrogen) atoms. The SMILES string of the molecule is CN1C(=O)C(=C2C=C(c3ccccc3)OC3=C2CCCC3)C(=O)N(C)C1=O. The van der Waals surface area contributed by atoms with Gasteiger partial charge in [0.25, 0.3) is 11.8 Å². The summed E-state index contributed by atoms with van der Waals surface area (Å²) in [4.78, 5) is 39.7. The van der Waals surface area contributed by atoms with Crippen LogP contribution in [0.3, 0.4) is 0 Å². The molecule has 2 heterocycles. The molecular weight excluding hydrogens is 344 g/mol. The monoisotopic (exact) mass is 364 g/mol. The van der Waals surface area contributed by atoms with E-state index in [0.717, 1.165) is 52.4 Å². The zero-order valence-electron chi connectivity index (χ0n) is 15.3. The van der Waals surface area contributed by atoms with E-state index in [9.17, 15) is 14.4 Å². The molecule has 1 aliphatic carbocycles. The van der Waals surface area contributed by atoms with Crippen molar-refractivity contribution in [2.45, 2.75) is 25.7 Å². The third-order valence-corrected chi connectivity index (χ3v) is 5.19. The molecular formula is C21H20N2O4. The summed E-state index contributed by atoms with van der Waals surface area (Å²) in [6, 6.07) is 8.97. The number of amides is 4. The van der Waals surface area contributed by atoms with Crippen LogP contribution < -0.4 is 0 Å². The Morgan fingerprint density at radius 2 is 1.52 bits per heavy atom. The van der Waals surface area contributed by atoms with E-state index in [1.165, 1.54) is 14.1 Å². The first-order valence-electron chi connectivity index (χ1n) is 9.00. The number of nitrogens with zero attached hydrogens (tertiary/aromatic N) is 2. The number of allylic oxidation sites excluding steroid dienone is 4. The average Bonchev–Trinajstić information content (AvgIpc) is 2.71. The zero-order valence-corrected chi connectivity index (χ0v) is 15.3. The van der Waals surface area contributed by atoms with Gasteiger partial charge in [-0.2, -0.15) is 0 Å². The molecule has 0 spiro atoms. The minimum Gasteiger partial charge on any atom is -0.461 e. The molecule has 0 radical (unpaired) electrons. The highest BCUT2D eigenvalue weighted by molar-refractivity contribution is 6.29. The number of ether oxygens (including phenoxy) is 1. The van der Waals surface area contributed by atoms with E-state index < -0.39 is 17.8 Å². The highest BCUT2D eigenvalue weighted by Crippen LogP contribution is 2.41. The minimum atomic E-state index is -0.619. The third kappa shape index (κ3) is 2.77. The van der Waals surface area contributed by atoms with E-state index in [-0.39, 0.29) is 5.57 Å². The molecule has 0 saturated carbocycles. The Hall–Kier alpha value is -3.15. The van der Waals surface area contributed by atoms with E-state index in [0.29, 0.717) is 11.3 Å². The highest BCUT2D eigenvalue weighted by Gasteiger charge is 2.41. The van der Waals surface area contributed by atoms with Crippen LogP contribution in [0.4, 0.5) is 4.79 Å². The summed E-state index contributed by atoms with van der Waals surface area (Å²) >= 11 is 0. The normalized spacial score (nSPS) is 20.7. The molecule has 1 aromatic carbocycles. The van der Waals surface area contributed by atoms with Crippen LogP contribution in [0.25, 0.3) is 5.76 Å². The molecule has 4 rings (SSSR count). The van der Waals surface area contributed by atoms with Gasteiger partial charge in [0.1, 0.15) is 17.1 Å². The van der Waals surface area contributed by atoms with Gasteiger partial charge in [0.05, 0.1) is 0 Å².